The molecule has 1 heterocycles. The van der Waals surface area contributed by atoms with E-state index in [2.05, 4.69) is 9.82 Å². The quantitative estimate of drug-likeness (QED) is 0.323. The van der Waals surface area contributed by atoms with E-state index < -0.39 is 17.0 Å². The van der Waals surface area contributed by atoms with Gasteiger partial charge in [-0.25, -0.2) is 4.79 Å². The van der Waals surface area contributed by atoms with Crippen LogP contribution in [0.4, 0.5) is 0 Å². The number of benzene rings is 1. The Morgan fingerprint density at radius 1 is 1.08 bits per heavy atom. The summed E-state index contributed by atoms with van der Waals surface area (Å²) in [5, 5.41) is 9.27. The standard InChI is InChI=1S/C16H14N2O7/c1-11(19)25-15-8-3-2-7-14(15)16(20)23-9-12-5-4-6-13(17-12)10-24-18(21)22/h2-8H,9-10H2,1H3. The summed E-state index contributed by atoms with van der Waals surface area (Å²) in [5.41, 5.74) is 0.818. The number of carbonyl (C=O) groups excluding carboxylic acids is 2. The minimum Gasteiger partial charge on any atom is -0.455 e. The molecule has 9 heteroatoms. The Bertz CT molecular complexity index is 792. The minimum absolute atomic E-state index is 0.0982. The lowest BCUT2D eigenvalue weighted by atomic mass is 10.2. The van der Waals surface area contributed by atoms with Crippen LogP contribution in [0.15, 0.2) is 42.5 Å². The van der Waals surface area contributed by atoms with Crippen LogP contribution in [0.5, 0.6) is 5.75 Å². The highest BCUT2D eigenvalue weighted by Crippen LogP contribution is 2.19. The number of pyridine rings is 1. The van der Waals surface area contributed by atoms with Crippen LogP contribution in [-0.2, 0) is 27.6 Å². The van der Waals surface area contributed by atoms with Crippen molar-refractivity contribution in [1.29, 1.82) is 0 Å². The highest BCUT2D eigenvalue weighted by atomic mass is 16.9. The van der Waals surface area contributed by atoms with Crippen molar-refractivity contribution in [3.63, 3.8) is 0 Å². The van der Waals surface area contributed by atoms with Gasteiger partial charge in [-0.1, -0.05) is 18.2 Å². The van der Waals surface area contributed by atoms with Crippen LogP contribution < -0.4 is 4.74 Å². The molecule has 0 aliphatic heterocycles. The van der Waals surface area contributed by atoms with Crippen molar-refractivity contribution in [3.8, 4) is 5.75 Å². The molecule has 0 unspecified atom stereocenters. The molecule has 0 atom stereocenters. The smallest absolute Gasteiger partial charge is 0.342 e. The van der Waals surface area contributed by atoms with E-state index in [9.17, 15) is 19.7 Å². The van der Waals surface area contributed by atoms with Crippen LogP contribution in [0.2, 0.25) is 0 Å². The Morgan fingerprint density at radius 2 is 1.76 bits per heavy atom. The molecule has 0 aliphatic rings. The Hall–Kier alpha value is -3.49. The third kappa shape index (κ3) is 5.57. The van der Waals surface area contributed by atoms with E-state index in [0.717, 1.165) is 0 Å². The first-order valence-electron chi connectivity index (χ1n) is 7.12. The fraction of sp³-hybridized carbons (Fsp3) is 0.188. The molecule has 1 aromatic carbocycles. The van der Waals surface area contributed by atoms with Gasteiger partial charge in [0.25, 0.3) is 5.09 Å². The molecule has 0 aliphatic carbocycles. The van der Waals surface area contributed by atoms with Crippen LogP contribution in [-0.4, -0.2) is 22.0 Å². The molecular weight excluding hydrogens is 332 g/mol. The number of para-hydroxylation sites is 1. The molecule has 9 nitrogen and oxygen atoms in total. The van der Waals surface area contributed by atoms with Crippen molar-refractivity contribution in [2.24, 2.45) is 0 Å². The number of esters is 2. The highest BCUT2D eigenvalue weighted by molar-refractivity contribution is 5.93. The first-order valence-corrected chi connectivity index (χ1v) is 7.12. The van der Waals surface area contributed by atoms with Crippen LogP contribution in [0.3, 0.4) is 0 Å². The zero-order valence-corrected chi connectivity index (χ0v) is 13.2. The summed E-state index contributed by atoms with van der Waals surface area (Å²) in [4.78, 5) is 41.7. The molecule has 0 saturated carbocycles. The Balaban J connectivity index is 2.02. The summed E-state index contributed by atoms with van der Waals surface area (Å²) in [7, 11) is 0. The highest BCUT2D eigenvalue weighted by Gasteiger charge is 2.15. The third-order valence-corrected chi connectivity index (χ3v) is 2.89. The summed E-state index contributed by atoms with van der Waals surface area (Å²) in [6.45, 7) is 0.772. The third-order valence-electron chi connectivity index (χ3n) is 2.89. The molecule has 0 amide bonds. The molecule has 0 saturated heterocycles. The van der Waals surface area contributed by atoms with Gasteiger partial charge >= 0.3 is 11.9 Å². The maximum Gasteiger partial charge on any atom is 0.342 e. The average Bonchev–Trinajstić information content (AvgIpc) is 2.58. The van der Waals surface area contributed by atoms with Crippen LogP contribution in [0, 0.1) is 10.1 Å². The van der Waals surface area contributed by atoms with E-state index in [-0.39, 0.29) is 24.5 Å². The molecule has 0 fully saturated rings. The molecule has 0 N–H and O–H groups in total. The van der Waals surface area contributed by atoms with Crippen molar-refractivity contribution in [2.75, 3.05) is 0 Å². The molecule has 0 spiro atoms. The lowest BCUT2D eigenvalue weighted by Crippen LogP contribution is -2.11. The van der Waals surface area contributed by atoms with Gasteiger partial charge in [0, 0.05) is 6.92 Å². The molecule has 0 bridgehead atoms. The van der Waals surface area contributed by atoms with E-state index in [1.54, 1.807) is 30.3 Å². The maximum atomic E-state index is 12.2. The summed E-state index contributed by atoms with van der Waals surface area (Å²) < 4.78 is 10.1. The van der Waals surface area contributed by atoms with E-state index in [0.29, 0.717) is 11.4 Å². The lowest BCUT2D eigenvalue weighted by molar-refractivity contribution is -0.763. The number of aromatic nitrogens is 1. The van der Waals surface area contributed by atoms with Gasteiger partial charge in [-0.2, -0.15) is 0 Å². The van der Waals surface area contributed by atoms with Gasteiger partial charge in [0.05, 0.1) is 11.4 Å². The molecule has 2 aromatic rings. The van der Waals surface area contributed by atoms with Crippen molar-refractivity contribution in [1.82, 2.24) is 4.98 Å². The fourth-order valence-electron chi connectivity index (χ4n) is 1.91. The SMILES string of the molecule is CC(=O)Oc1ccccc1C(=O)OCc1cccc(CO[N+](=O)[O-])n1. The van der Waals surface area contributed by atoms with Gasteiger partial charge in [0.1, 0.15) is 24.5 Å². The second-order valence-electron chi connectivity index (χ2n) is 4.78. The van der Waals surface area contributed by atoms with Crippen molar-refractivity contribution >= 4 is 11.9 Å². The van der Waals surface area contributed by atoms with E-state index in [4.69, 9.17) is 9.47 Å². The topological polar surface area (TPSA) is 118 Å². The molecule has 2 rings (SSSR count). The van der Waals surface area contributed by atoms with Gasteiger partial charge in [-0.3, -0.25) is 9.78 Å². The van der Waals surface area contributed by atoms with Gasteiger partial charge in [0.2, 0.25) is 0 Å². The number of hydrogen-bond donors (Lipinski definition) is 0. The largest absolute Gasteiger partial charge is 0.455 e. The second kappa shape index (κ2) is 8.39. The van der Waals surface area contributed by atoms with Crippen LogP contribution >= 0.6 is 0 Å². The molecule has 130 valence electrons. The Morgan fingerprint density at radius 3 is 2.44 bits per heavy atom. The first kappa shape index (κ1) is 17.9. The molecular formula is C16H14N2O7. The Labute approximate surface area is 142 Å². The Kier molecular flexibility index (Phi) is 5.99. The molecule has 0 radical (unpaired) electrons. The maximum absolute atomic E-state index is 12.2. The zero-order valence-electron chi connectivity index (χ0n) is 13.2. The number of hydrogen-bond acceptors (Lipinski definition) is 8. The number of rotatable bonds is 7. The van der Waals surface area contributed by atoms with Gasteiger partial charge in [0.15, 0.2) is 0 Å². The van der Waals surface area contributed by atoms with Crippen LogP contribution in [0.25, 0.3) is 0 Å². The normalized spacial score (nSPS) is 9.96. The summed E-state index contributed by atoms with van der Waals surface area (Å²) in [6, 6.07) is 10.9. The van der Waals surface area contributed by atoms with E-state index in [1.165, 1.54) is 19.1 Å². The van der Waals surface area contributed by atoms with Crippen molar-refractivity contribution < 1.29 is 29.0 Å². The fourth-order valence-corrected chi connectivity index (χ4v) is 1.91. The molecule has 25 heavy (non-hydrogen) atoms. The lowest BCUT2D eigenvalue weighted by Gasteiger charge is -2.09. The van der Waals surface area contributed by atoms with Crippen LogP contribution in [0.1, 0.15) is 28.7 Å². The van der Waals surface area contributed by atoms with Gasteiger partial charge in [-0.05, 0) is 24.3 Å². The van der Waals surface area contributed by atoms with Crippen molar-refractivity contribution in [2.45, 2.75) is 20.1 Å². The van der Waals surface area contributed by atoms with Crippen molar-refractivity contribution in [3.05, 3.63) is 69.5 Å². The average molecular weight is 346 g/mol. The predicted octanol–water partition coefficient (Wildman–Crippen LogP) is 2.07. The monoisotopic (exact) mass is 346 g/mol. The number of nitrogens with zero attached hydrogens (tertiary/aromatic N) is 2. The van der Waals surface area contributed by atoms with Gasteiger partial charge < -0.3 is 14.3 Å². The molecule has 1 aromatic heterocycles. The van der Waals surface area contributed by atoms with Gasteiger partial charge in [-0.15, -0.1) is 10.1 Å². The summed E-state index contributed by atoms with van der Waals surface area (Å²) >= 11 is 0. The summed E-state index contributed by atoms with van der Waals surface area (Å²) in [6.07, 6.45) is 0. The summed E-state index contributed by atoms with van der Waals surface area (Å²) in [5.74, 6) is -1.15. The van der Waals surface area contributed by atoms with E-state index in [1.807, 2.05) is 0 Å². The first-order chi connectivity index (χ1) is 12.0. The zero-order chi connectivity index (χ0) is 18.2. The number of carbonyl (C=O) groups is 2. The number of ether oxygens (including phenoxy) is 2. The second-order valence-corrected chi connectivity index (χ2v) is 4.78. The van der Waals surface area contributed by atoms with E-state index >= 15 is 0 Å². The minimum atomic E-state index is -0.916. The predicted molar refractivity (Wildman–Crippen MR) is 82.9 cm³/mol.